The summed E-state index contributed by atoms with van der Waals surface area (Å²) in [5.74, 6) is -2.49. The number of benzene rings is 1. The number of hydrogen-bond acceptors (Lipinski definition) is 12. The number of carbonyl (C=O) groups is 4. The molecule has 3 saturated heterocycles. The molecule has 6 heterocycles. The molecular formula is C46H66N8O8S. The van der Waals surface area contributed by atoms with Gasteiger partial charge in [-0.15, -0.1) is 0 Å². The van der Waals surface area contributed by atoms with Gasteiger partial charge in [0.2, 0.25) is 11.8 Å². The Morgan fingerprint density at radius 3 is 2.60 bits per heavy atom. The minimum Gasteiger partial charge on any atom is -0.464 e. The van der Waals surface area contributed by atoms with Crippen LogP contribution >= 0.6 is 0 Å². The van der Waals surface area contributed by atoms with Crippen molar-refractivity contribution in [1.29, 1.82) is 0 Å². The fraction of sp³-hybridized carbons (Fsp3) is 0.630. The van der Waals surface area contributed by atoms with Gasteiger partial charge in [0.05, 0.1) is 41.0 Å². The first kappa shape index (κ1) is 46.4. The molecule has 7 rings (SSSR count). The molecule has 1 aromatic carbocycles. The predicted molar refractivity (Wildman–Crippen MR) is 241 cm³/mol. The van der Waals surface area contributed by atoms with E-state index in [0.29, 0.717) is 45.3 Å². The van der Waals surface area contributed by atoms with Gasteiger partial charge in [0.1, 0.15) is 18.1 Å². The Bertz CT molecular complexity index is 2310. The average Bonchev–Trinajstić information content (AvgIpc) is 3.91. The minimum absolute atomic E-state index is 0.0941. The number of likely N-dealkylation sites (N-methyl/N-ethyl adjacent to an activating group) is 1. The molecule has 0 spiro atoms. The van der Waals surface area contributed by atoms with Gasteiger partial charge in [-0.25, -0.2) is 13.8 Å². The summed E-state index contributed by atoms with van der Waals surface area (Å²) in [6.45, 7) is 14.5. The summed E-state index contributed by atoms with van der Waals surface area (Å²) in [6, 6.07) is 7.18. The Labute approximate surface area is 371 Å². The van der Waals surface area contributed by atoms with E-state index >= 15 is 0 Å². The van der Waals surface area contributed by atoms with E-state index in [0.717, 1.165) is 39.1 Å². The summed E-state index contributed by atoms with van der Waals surface area (Å²) < 4.78 is 42.3. The van der Waals surface area contributed by atoms with Crippen LogP contribution in [0.1, 0.15) is 84.6 Å². The molecule has 6 bridgehead atoms. The number of amides is 3. The largest absolute Gasteiger partial charge is 0.464 e. The lowest BCUT2D eigenvalue weighted by molar-refractivity contribution is -0.155. The van der Waals surface area contributed by atoms with Crippen LogP contribution in [0.4, 0.5) is 5.69 Å². The van der Waals surface area contributed by atoms with Gasteiger partial charge < -0.3 is 34.5 Å². The monoisotopic (exact) mass is 890 g/mol. The van der Waals surface area contributed by atoms with Gasteiger partial charge in [0, 0.05) is 80.6 Å². The molecular weight excluding hydrogens is 825 g/mol. The topological polar surface area (TPSA) is 185 Å². The summed E-state index contributed by atoms with van der Waals surface area (Å²) in [4.78, 5) is 64.8. The van der Waals surface area contributed by atoms with Crippen LogP contribution in [0.3, 0.4) is 0 Å². The molecule has 4 aliphatic heterocycles. The van der Waals surface area contributed by atoms with Crippen LogP contribution in [0.5, 0.6) is 0 Å². The number of nitrogens with one attached hydrogen (secondary N) is 3. The molecule has 4 aliphatic rings. The number of cyclic esters (lactones) is 1. The Morgan fingerprint density at radius 1 is 1.13 bits per heavy atom. The summed E-state index contributed by atoms with van der Waals surface area (Å²) in [7, 11) is -0.460. The Morgan fingerprint density at radius 2 is 1.90 bits per heavy atom. The van der Waals surface area contributed by atoms with Crippen molar-refractivity contribution in [3.8, 4) is 11.3 Å². The molecule has 344 valence electrons. The van der Waals surface area contributed by atoms with Crippen molar-refractivity contribution in [1.82, 2.24) is 35.5 Å². The smallest absolute Gasteiger partial charge is 0.324 e. The molecule has 2 aromatic heterocycles. The van der Waals surface area contributed by atoms with Crippen LogP contribution < -0.4 is 21.0 Å². The molecule has 0 saturated carbocycles. The maximum atomic E-state index is 14.7. The number of sulfone groups is 1. The minimum atomic E-state index is -3.74. The molecule has 3 N–H and O–H groups in total. The number of pyridine rings is 1. The molecule has 3 amide bonds. The number of nitrogens with zero attached hydrogens (tertiary/aromatic N) is 5. The Kier molecular flexibility index (Phi) is 13.9. The van der Waals surface area contributed by atoms with Crippen LogP contribution in [0, 0.1) is 17.3 Å². The summed E-state index contributed by atoms with van der Waals surface area (Å²) >= 11 is 0. The van der Waals surface area contributed by atoms with Crippen molar-refractivity contribution in [2.75, 3.05) is 64.1 Å². The molecule has 16 nitrogen and oxygen atoms in total. The SMILES string of the molecule is CCn1c(-c2cccnc2[C@H](C)OC)c2c3cc(ccc31)N1CCS(=O)(=O)C(CC(NC(=O)[C@H](C(C)C)N(C)C(=O)[C@H]3CCNC3)C(=O)N3CCC[C@H](N3)C(=O)OCC(C)(C)C2)C1. The highest BCUT2D eigenvalue weighted by Crippen LogP contribution is 2.42. The lowest BCUT2D eigenvalue weighted by atomic mass is 9.84. The highest BCUT2D eigenvalue weighted by atomic mass is 32.2. The fourth-order valence-corrected chi connectivity index (χ4v) is 11.6. The lowest BCUT2D eigenvalue weighted by Gasteiger charge is -2.39. The van der Waals surface area contributed by atoms with Crippen molar-refractivity contribution in [3.05, 3.63) is 47.8 Å². The molecule has 63 heavy (non-hydrogen) atoms. The molecule has 17 heteroatoms. The second-order valence-electron chi connectivity index (χ2n) is 18.9. The fourth-order valence-electron chi connectivity index (χ4n) is 9.95. The van der Waals surface area contributed by atoms with Crippen molar-refractivity contribution < 1.29 is 37.1 Å². The molecule has 2 unspecified atom stereocenters. The Balaban J connectivity index is 1.32. The van der Waals surface area contributed by atoms with Gasteiger partial charge in [-0.1, -0.05) is 27.7 Å². The number of hydrazine groups is 1. The van der Waals surface area contributed by atoms with E-state index in [4.69, 9.17) is 14.5 Å². The summed E-state index contributed by atoms with van der Waals surface area (Å²) in [5, 5.41) is 7.44. The van der Waals surface area contributed by atoms with Crippen molar-refractivity contribution in [2.45, 2.75) is 110 Å². The molecule has 6 atom stereocenters. The predicted octanol–water partition coefficient (Wildman–Crippen LogP) is 3.62. The number of aromatic nitrogens is 2. The standard InChI is InChI=1S/C46H66N8O8S/c1-9-53-38-15-14-31-22-34(38)35(41(53)33-12-10-17-48-39(33)29(4)61-8)24-46(5,6)27-62-45(58)36-13-11-19-54(50-36)44(57)37(23-32-26-52(31)20-21-63(32,59)60)49-42(55)40(28(2)3)51(7)43(56)30-16-18-47-25-30/h10,12,14-15,17,22,28-30,32,36-37,40,47,50H,9,11,13,16,18-21,23-27H2,1-8H3,(H,49,55)/t29-,30-,32?,36-,37?,40-/m0/s1. The maximum absolute atomic E-state index is 14.7. The second kappa shape index (κ2) is 18.9. The molecule has 3 fully saturated rings. The number of anilines is 1. The Hall–Kier alpha value is -4.58. The number of hydrogen-bond donors (Lipinski definition) is 3. The average molecular weight is 891 g/mol. The van der Waals surface area contributed by atoms with Crippen molar-refractivity contribution in [3.63, 3.8) is 0 Å². The van der Waals surface area contributed by atoms with Gasteiger partial charge in [-0.2, -0.15) is 0 Å². The third-order valence-electron chi connectivity index (χ3n) is 13.4. The lowest BCUT2D eigenvalue weighted by Crippen LogP contribution is -2.63. The third kappa shape index (κ3) is 9.62. The van der Waals surface area contributed by atoms with Gasteiger partial charge in [0.25, 0.3) is 5.91 Å². The van der Waals surface area contributed by atoms with E-state index in [1.807, 2.05) is 32.9 Å². The quantitative estimate of drug-likeness (QED) is 0.266. The summed E-state index contributed by atoms with van der Waals surface area (Å²) in [5.41, 5.74) is 8.16. The van der Waals surface area contributed by atoms with Crippen LogP contribution in [0.15, 0.2) is 36.5 Å². The van der Waals surface area contributed by atoms with Crippen molar-refractivity contribution in [2.24, 2.45) is 17.3 Å². The number of esters is 1. The zero-order valence-corrected chi connectivity index (χ0v) is 38.9. The van der Waals surface area contributed by atoms with Gasteiger partial charge in [-0.05, 0) is 94.3 Å². The first-order valence-electron chi connectivity index (χ1n) is 22.6. The van der Waals surface area contributed by atoms with Crippen LogP contribution in [0.2, 0.25) is 0 Å². The van der Waals surface area contributed by atoms with Gasteiger partial charge >= 0.3 is 5.97 Å². The van der Waals surface area contributed by atoms with Crippen LogP contribution in [-0.2, 0) is 51.5 Å². The van der Waals surface area contributed by atoms with Gasteiger partial charge in [-0.3, -0.25) is 29.2 Å². The normalized spacial score (nSPS) is 25.0. The van der Waals surface area contributed by atoms with E-state index in [1.165, 1.54) is 9.91 Å². The number of methoxy groups -OCH3 is 1. The number of rotatable bonds is 9. The molecule has 0 aliphatic carbocycles. The number of ether oxygens (including phenoxy) is 2. The van der Waals surface area contributed by atoms with E-state index in [1.54, 1.807) is 20.4 Å². The van der Waals surface area contributed by atoms with E-state index in [2.05, 4.69) is 64.5 Å². The number of carbonyl (C=O) groups excluding carboxylic acids is 4. The summed E-state index contributed by atoms with van der Waals surface area (Å²) in [6.07, 6.45) is 3.37. The molecule has 3 aromatic rings. The van der Waals surface area contributed by atoms with E-state index in [9.17, 15) is 27.6 Å². The third-order valence-corrected chi connectivity index (χ3v) is 15.5. The zero-order chi connectivity index (χ0) is 45.4. The maximum Gasteiger partial charge on any atom is 0.324 e. The highest BCUT2D eigenvalue weighted by molar-refractivity contribution is 7.92. The van der Waals surface area contributed by atoms with E-state index < -0.39 is 56.4 Å². The zero-order valence-electron chi connectivity index (χ0n) is 38.1. The highest BCUT2D eigenvalue weighted by Gasteiger charge is 2.43. The van der Waals surface area contributed by atoms with Gasteiger partial charge in [0.15, 0.2) is 9.84 Å². The number of fused-ring (bicyclic) bond motifs is 6. The van der Waals surface area contributed by atoms with Crippen molar-refractivity contribution >= 4 is 50.1 Å². The second-order valence-corrected chi connectivity index (χ2v) is 21.3. The van der Waals surface area contributed by atoms with Crippen LogP contribution in [0.25, 0.3) is 22.2 Å². The van der Waals surface area contributed by atoms with Crippen LogP contribution in [-0.4, -0.2) is 134 Å². The molecule has 0 radical (unpaired) electrons. The first-order chi connectivity index (χ1) is 29.9. The number of aryl methyl sites for hydroxylation is 1. The van der Waals surface area contributed by atoms with E-state index in [-0.39, 0.29) is 62.3 Å². The first-order valence-corrected chi connectivity index (χ1v) is 24.3.